The molecule has 0 unspecified atom stereocenters. The lowest BCUT2D eigenvalue weighted by Gasteiger charge is -2.31. The summed E-state index contributed by atoms with van der Waals surface area (Å²) in [7, 11) is 0. The van der Waals surface area contributed by atoms with Gasteiger partial charge >= 0.3 is 0 Å². The average Bonchev–Trinajstić information content (AvgIpc) is 3.62. The monoisotopic (exact) mass is 594 g/mol. The zero-order valence-corrected chi connectivity index (χ0v) is 25.4. The van der Waals surface area contributed by atoms with E-state index in [0.717, 1.165) is 16.7 Å². The van der Waals surface area contributed by atoms with Gasteiger partial charge in [-0.3, -0.25) is 4.98 Å². The Kier molecular flexibility index (Phi) is 5.30. The molecule has 10 rings (SSSR count). The molecular formula is C45H26N2. The molecule has 2 aliphatic carbocycles. The first kappa shape index (κ1) is 26.0. The summed E-state index contributed by atoms with van der Waals surface area (Å²) in [6, 6.07) is 55.7. The number of rotatable bonds is 2. The standard InChI is InChI=1S/C45H26N2/c46-25-28-22-32(27-47-26-28)30-11-9-12-31(23-30)38-24-42-44(37-17-4-3-14-34(37)38)43-33-13-2-1-10-29(33)20-21-41(43)45(42)39-18-7-5-15-35(39)36-16-6-8-19-40(36)45/h1-24,26-27H. The van der Waals surface area contributed by atoms with Gasteiger partial charge in [-0.1, -0.05) is 127 Å². The van der Waals surface area contributed by atoms with Crippen molar-refractivity contribution in [3.05, 3.63) is 186 Å². The Morgan fingerprint density at radius 3 is 1.89 bits per heavy atom. The Hall–Kier alpha value is -6.30. The van der Waals surface area contributed by atoms with E-state index in [0.29, 0.717) is 5.56 Å². The van der Waals surface area contributed by atoms with Gasteiger partial charge < -0.3 is 0 Å². The van der Waals surface area contributed by atoms with Gasteiger partial charge in [0.05, 0.1) is 11.0 Å². The molecule has 2 aliphatic rings. The topological polar surface area (TPSA) is 36.7 Å². The molecule has 0 radical (unpaired) electrons. The van der Waals surface area contributed by atoms with Crippen LogP contribution >= 0.6 is 0 Å². The number of fused-ring (bicyclic) bond motifs is 14. The highest BCUT2D eigenvalue weighted by Crippen LogP contribution is 2.65. The highest BCUT2D eigenvalue weighted by Gasteiger charge is 2.52. The molecule has 7 aromatic carbocycles. The molecule has 0 aliphatic heterocycles. The molecule has 1 heterocycles. The third-order valence-corrected chi connectivity index (χ3v) is 10.4. The molecule has 2 heteroatoms. The fourth-order valence-corrected chi connectivity index (χ4v) is 8.52. The minimum Gasteiger partial charge on any atom is -0.263 e. The summed E-state index contributed by atoms with van der Waals surface area (Å²) in [5.74, 6) is 0. The summed E-state index contributed by atoms with van der Waals surface area (Å²) in [5, 5.41) is 14.6. The van der Waals surface area contributed by atoms with Gasteiger partial charge in [-0.2, -0.15) is 5.26 Å². The van der Waals surface area contributed by atoms with E-state index in [1.165, 1.54) is 71.6 Å². The third-order valence-electron chi connectivity index (χ3n) is 10.4. The number of benzene rings is 7. The SMILES string of the molecule is N#Cc1cncc(-c2cccc(-c3cc4c(c5ccccc35)-c3c(ccc5ccccc35)C43c4ccccc4-c4ccccc43)c2)c1. The van der Waals surface area contributed by atoms with Crippen LogP contribution in [0.2, 0.25) is 0 Å². The van der Waals surface area contributed by atoms with Gasteiger partial charge in [0.1, 0.15) is 6.07 Å². The van der Waals surface area contributed by atoms with Crippen LogP contribution in [-0.2, 0) is 5.41 Å². The second kappa shape index (κ2) is 9.60. The summed E-state index contributed by atoms with van der Waals surface area (Å²) >= 11 is 0. The van der Waals surface area contributed by atoms with E-state index in [1.807, 2.05) is 12.3 Å². The van der Waals surface area contributed by atoms with E-state index in [1.54, 1.807) is 6.20 Å². The second-order valence-electron chi connectivity index (χ2n) is 12.6. The number of nitrogens with zero attached hydrogens (tertiary/aromatic N) is 2. The fraction of sp³-hybridized carbons (Fsp3) is 0.0222. The van der Waals surface area contributed by atoms with Gasteiger partial charge in [0.25, 0.3) is 0 Å². The van der Waals surface area contributed by atoms with Crippen molar-refractivity contribution in [1.82, 2.24) is 4.98 Å². The van der Waals surface area contributed by atoms with Crippen molar-refractivity contribution in [2.24, 2.45) is 0 Å². The Balaban J connectivity index is 1.36. The molecule has 0 saturated heterocycles. The van der Waals surface area contributed by atoms with Crippen LogP contribution in [-0.4, -0.2) is 4.98 Å². The largest absolute Gasteiger partial charge is 0.263 e. The molecule has 0 amide bonds. The van der Waals surface area contributed by atoms with Crippen molar-refractivity contribution >= 4 is 21.5 Å². The van der Waals surface area contributed by atoms with Gasteiger partial charge in [-0.15, -0.1) is 0 Å². The van der Waals surface area contributed by atoms with Gasteiger partial charge in [0.2, 0.25) is 0 Å². The average molecular weight is 595 g/mol. The quantitative estimate of drug-likeness (QED) is 0.200. The van der Waals surface area contributed by atoms with Crippen molar-refractivity contribution in [1.29, 1.82) is 5.26 Å². The maximum Gasteiger partial charge on any atom is 0.101 e. The molecule has 0 bridgehead atoms. The maximum absolute atomic E-state index is 9.54. The van der Waals surface area contributed by atoms with E-state index in [2.05, 4.69) is 151 Å². The summed E-state index contributed by atoms with van der Waals surface area (Å²) in [6.45, 7) is 0. The lowest BCUT2D eigenvalue weighted by molar-refractivity contribution is 0.795. The predicted octanol–water partition coefficient (Wildman–Crippen LogP) is 10.9. The van der Waals surface area contributed by atoms with Gasteiger partial charge in [0, 0.05) is 18.0 Å². The first-order chi connectivity index (χ1) is 23.3. The molecule has 0 fully saturated rings. The molecule has 0 saturated carbocycles. The van der Waals surface area contributed by atoms with Crippen LogP contribution in [0.5, 0.6) is 0 Å². The van der Waals surface area contributed by atoms with E-state index >= 15 is 0 Å². The number of hydrogen-bond acceptors (Lipinski definition) is 2. The third kappa shape index (κ3) is 3.41. The summed E-state index contributed by atoms with van der Waals surface area (Å²) in [4.78, 5) is 4.35. The summed E-state index contributed by atoms with van der Waals surface area (Å²) in [6.07, 6.45) is 3.45. The molecule has 1 aromatic heterocycles. The van der Waals surface area contributed by atoms with Crippen molar-refractivity contribution in [2.75, 3.05) is 0 Å². The van der Waals surface area contributed by atoms with Crippen LogP contribution in [0, 0.1) is 11.3 Å². The van der Waals surface area contributed by atoms with Gasteiger partial charge in [-0.25, -0.2) is 0 Å². The predicted molar refractivity (Wildman–Crippen MR) is 191 cm³/mol. The molecule has 1 spiro atoms. The van der Waals surface area contributed by atoms with Crippen LogP contribution in [0.25, 0.3) is 66.1 Å². The lowest BCUT2D eigenvalue weighted by Crippen LogP contribution is -2.26. The van der Waals surface area contributed by atoms with Crippen LogP contribution in [0.3, 0.4) is 0 Å². The van der Waals surface area contributed by atoms with E-state index < -0.39 is 5.41 Å². The summed E-state index contributed by atoms with van der Waals surface area (Å²) < 4.78 is 0. The zero-order chi connectivity index (χ0) is 31.1. The van der Waals surface area contributed by atoms with E-state index in [9.17, 15) is 5.26 Å². The van der Waals surface area contributed by atoms with Crippen molar-refractivity contribution in [3.8, 4) is 50.6 Å². The normalized spacial score (nSPS) is 13.3. The van der Waals surface area contributed by atoms with Crippen LogP contribution in [0.1, 0.15) is 27.8 Å². The molecule has 0 N–H and O–H groups in total. The Bertz CT molecular complexity index is 2610. The van der Waals surface area contributed by atoms with Crippen molar-refractivity contribution in [2.45, 2.75) is 5.41 Å². The molecular weight excluding hydrogens is 569 g/mol. The number of aromatic nitrogens is 1. The molecule has 8 aromatic rings. The first-order valence-electron chi connectivity index (χ1n) is 16.0. The number of hydrogen-bond donors (Lipinski definition) is 0. The Morgan fingerprint density at radius 2 is 1.11 bits per heavy atom. The first-order valence-corrected chi connectivity index (χ1v) is 16.0. The van der Waals surface area contributed by atoms with Gasteiger partial charge in [-0.05, 0) is 101 Å². The highest BCUT2D eigenvalue weighted by atomic mass is 14.6. The minimum atomic E-state index is -0.455. The Morgan fingerprint density at radius 1 is 0.447 bits per heavy atom. The molecule has 0 atom stereocenters. The molecule has 2 nitrogen and oxygen atoms in total. The number of pyridine rings is 1. The minimum absolute atomic E-state index is 0.455. The lowest BCUT2D eigenvalue weighted by atomic mass is 9.70. The number of nitriles is 1. The molecule has 47 heavy (non-hydrogen) atoms. The highest BCUT2D eigenvalue weighted by molar-refractivity contribution is 6.16. The van der Waals surface area contributed by atoms with Crippen molar-refractivity contribution < 1.29 is 0 Å². The van der Waals surface area contributed by atoms with E-state index in [4.69, 9.17) is 0 Å². The summed E-state index contributed by atoms with van der Waals surface area (Å²) in [5.41, 5.74) is 15.0. The molecule has 216 valence electrons. The smallest absolute Gasteiger partial charge is 0.101 e. The Labute approximate surface area is 272 Å². The zero-order valence-electron chi connectivity index (χ0n) is 25.4. The van der Waals surface area contributed by atoms with Crippen LogP contribution in [0.4, 0.5) is 0 Å². The fourth-order valence-electron chi connectivity index (χ4n) is 8.52. The van der Waals surface area contributed by atoms with Crippen LogP contribution in [0.15, 0.2) is 158 Å². The second-order valence-corrected chi connectivity index (χ2v) is 12.6. The van der Waals surface area contributed by atoms with Crippen molar-refractivity contribution in [3.63, 3.8) is 0 Å². The van der Waals surface area contributed by atoms with Gasteiger partial charge in [0.15, 0.2) is 0 Å². The maximum atomic E-state index is 9.54. The van der Waals surface area contributed by atoms with E-state index in [-0.39, 0.29) is 0 Å². The van der Waals surface area contributed by atoms with Crippen LogP contribution < -0.4 is 0 Å².